The second-order valence-electron chi connectivity index (χ2n) is 2.96. The summed E-state index contributed by atoms with van der Waals surface area (Å²) in [5, 5.41) is 0. The highest BCUT2D eigenvalue weighted by atomic mass is 79.9. The van der Waals surface area contributed by atoms with Crippen molar-refractivity contribution in [2.75, 3.05) is 0 Å². The molecular weight excluding hydrogens is 276 g/mol. The van der Waals surface area contributed by atoms with Crippen LogP contribution in [0.4, 0.5) is 0 Å². The van der Waals surface area contributed by atoms with Crippen molar-refractivity contribution < 1.29 is 0 Å². The van der Waals surface area contributed by atoms with E-state index < -0.39 is 0 Å². The number of nitrogens with one attached hydrogen (secondary N) is 1. The standard InChI is InChI=1S/C10H7BrN2OS/c11-7-1-3-8(4-2-7)13-6-5-9(14)12-10(13)15/h1-6H,(H,12,14,15). The normalized spacial score (nSPS) is 10.2. The second-order valence-corrected chi connectivity index (χ2v) is 4.26. The van der Waals surface area contributed by atoms with Gasteiger partial charge in [0, 0.05) is 22.4 Å². The summed E-state index contributed by atoms with van der Waals surface area (Å²) in [6.07, 6.45) is 1.66. The van der Waals surface area contributed by atoms with Gasteiger partial charge in [-0.15, -0.1) is 0 Å². The van der Waals surface area contributed by atoms with Crippen LogP contribution in [0.15, 0.2) is 45.8 Å². The van der Waals surface area contributed by atoms with Crippen LogP contribution < -0.4 is 5.56 Å². The number of halogens is 1. The van der Waals surface area contributed by atoms with Gasteiger partial charge < -0.3 is 0 Å². The van der Waals surface area contributed by atoms with Gasteiger partial charge in [-0.3, -0.25) is 14.3 Å². The summed E-state index contributed by atoms with van der Waals surface area (Å²) in [6, 6.07) is 9.11. The molecule has 0 radical (unpaired) electrons. The summed E-state index contributed by atoms with van der Waals surface area (Å²) >= 11 is 8.41. The molecule has 1 aromatic carbocycles. The van der Waals surface area contributed by atoms with E-state index in [0.29, 0.717) is 4.77 Å². The molecule has 3 nitrogen and oxygen atoms in total. The average molecular weight is 283 g/mol. The Kier molecular flexibility index (Phi) is 2.83. The lowest BCUT2D eigenvalue weighted by Gasteiger charge is -2.05. The Morgan fingerprint density at radius 2 is 1.87 bits per heavy atom. The third kappa shape index (κ3) is 2.24. The molecule has 5 heteroatoms. The van der Waals surface area contributed by atoms with E-state index in [0.717, 1.165) is 10.2 Å². The molecule has 0 fully saturated rings. The highest BCUT2D eigenvalue weighted by molar-refractivity contribution is 9.10. The van der Waals surface area contributed by atoms with Gasteiger partial charge in [-0.05, 0) is 36.5 Å². The number of benzene rings is 1. The van der Waals surface area contributed by atoms with Crippen molar-refractivity contribution in [3.05, 3.63) is 56.1 Å². The highest BCUT2D eigenvalue weighted by Crippen LogP contribution is 2.13. The molecule has 0 atom stereocenters. The minimum atomic E-state index is -0.187. The van der Waals surface area contributed by atoms with E-state index >= 15 is 0 Å². The van der Waals surface area contributed by atoms with E-state index in [1.807, 2.05) is 24.3 Å². The van der Waals surface area contributed by atoms with E-state index in [-0.39, 0.29) is 5.56 Å². The van der Waals surface area contributed by atoms with Crippen LogP contribution in [0.25, 0.3) is 5.69 Å². The van der Waals surface area contributed by atoms with Crippen molar-refractivity contribution in [1.82, 2.24) is 9.55 Å². The minimum absolute atomic E-state index is 0.187. The van der Waals surface area contributed by atoms with Gasteiger partial charge in [-0.2, -0.15) is 0 Å². The lowest BCUT2D eigenvalue weighted by Crippen LogP contribution is -2.09. The van der Waals surface area contributed by atoms with Crippen LogP contribution >= 0.6 is 28.1 Å². The van der Waals surface area contributed by atoms with Crippen LogP contribution in [-0.2, 0) is 0 Å². The van der Waals surface area contributed by atoms with Gasteiger partial charge in [0.1, 0.15) is 0 Å². The SMILES string of the molecule is O=c1ccn(-c2ccc(Br)cc2)c(=S)[nH]1. The van der Waals surface area contributed by atoms with E-state index in [9.17, 15) is 4.79 Å². The zero-order valence-corrected chi connectivity index (χ0v) is 10.0. The van der Waals surface area contributed by atoms with Crippen molar-refractivity contribution >= 4 is 28.1 Å². The van der Waals surface area contributed by atoms with Crippen molar-refractivity contribution in [3.63, 3.8) is 0 Å². The first kappa shape index (κ1) is 10.3. The fourth-order valence-corrected chi connectivity index (χ4v) is 1.75. The van der Waals surface area contributed by atoms with Crippen molar-refractivity contribution in [3.8, 4) is 5.69 Å². The minimum Gasteiger partial charge on any atom is -0.299 e. The molecule has 0 saturated heterocycles. The molecule has 0 bridgehead atoms. The molecule has 0 unspecified atom stereocenters. The number of nitrogens with zero attached hydrogens (tertiary/aromatic N) is 1. The predicted octanol–water partition coefficient (Wildman–Crippen LogP) is 2.66. The molecule has 2 aromatic rings. The van der Waals surface area contributed by atoms with Crippen LogP contribution in [0.1, 0.15) is 0 Å². The monoisotopic (exact) mass is 282 g/mol. The third-order valence-corrected chi connectivity index (χ3v) is 2.76. The predicted molar refractivity (Wildman–Crippen MR) is 64.9 cm³/mol. The van der Waals surface area contributed by atoms with E-state index in [1.54, 1.807) is 10.8 Å². The maximum absolute atomic E-state index is 11.0. The zero-order valence-electron chi connectivity index (χ0n) is 7.61. The van der Waals surface area contributed by atoms with Crippen molar-refractivity contribution in [2.24, 2.45) is 0 Å². The average Bonchev–Trinajstić information content (AvgIpc) is 2.20. The number of H-pyrrole nitrogens is 1. The molecule has 0 saturated carbocycles. The molecular formula is C10H7BrN2OS. The van der Waals surface area contributed by atoms with Gasteiger partial charge in [0.25, 0.3) is 5.56 Å². The van der Waals surface area contributed by atoms with Crippen LogP contribution in [-0.4, -0.2) is 9.55 Å². The van der Waals surface area contributed by atoms with Gasteiger partial charge >= 0.3 is 0 Å². The number of hydrogen-bond acceptors (Lipinski definition) is 2. The number of hydrogen-bond donors (Lipinski definition) is 1. The third-order valence-electron chi connectivity index (χ3n) is 1.93. The Bertz CT molecular complexity index is 585. The van der Waals surface area contributed by atoms with Crippen LogP contribution in [0.2, 0.25) is 0 Å². The van der Waals surface area contributed by atoms with Crippen LogP contribution in [0, 0.1) is 4.77 Å². The van der Waals surface area contributed by atoms with Crippen molar-refractivity contribution in [2.45, 2.75) is 0 Å². The molecule has 0 spiro atoms. The molecule has 15 heavy (non-hydrogen) atoms. The zero-order chi connectivity index (χ0) is 10.8. The Hall–Kier alpha value is -1.20. The summed E-state index contributed by atoms with van der Waals surface area (Å²) in [4.78, 5) is 13.5. The quantitative estimate of drug-likeness (QED) is 0.817. The molecule has 0 amide bonds. The van der Waals surface area contributed by atoms with E-state index in [1.165, 1.54) is 6.07 Å². The molecule has 0 aliphatic heterocycles. The van der Waals surface area contributed by atoms with Crippen molar-refractivity contribution in [1.29, 1.82) is 0 Å². The summed E-state index contributed by atoms with van der Waals surface area (Å²) in [5.74, 6) is 0. The van der Waals surface area contributed by atoms with Gasteiger partial charge in [0.05, 0.1) is 0 Å². The van der Waals surface area contributed by atoms with E-state index in [4.69, 9.17) is 12.2 Å². The smallest absolute Gasteiger partial charge is 0.251 e. The number of aromatic amines is 1. The largest absolute Gasteiger partial charge is 0.299 e. The first-order chi connectivity index (χ1) is 7.16. The fourth-order valence-electron chi connectivity index (χ4n) is 1.22. The number of rotatable bonds is 1. The van der Waals surface area contributed by atoms with Gasteiger partial charge in [-0.1, -0.05) is 15.9 Å². The molecule has 0 aliphatic rings. The van der Waals surface area contributed by atoms with Crippen LogP contribution in [0.3, 0.4) is 0 Å². The van der Waals surface area contributed by atoms with Gasteiger partial charge in [0.15, 0.2) is 4.77 Å². The first-order valence-corrected chi connectivity index (χ1v) is 5.45. The molecule has 1 N–H and O–H groups in total. The lowest BCUT2D eigenvalue weighted by molar-refractivity contribution is 0.937. The molecule has 1 aromatic heterocycles. The van der Waals surface area contributed by atoms with Crippen LogP contribution in [0.5, 0.6) is 0 Å². The van der Waals surface area contributed by atoms with Gasteiger partial charge in [0.2, 0.25) is 0 Å². The number of aromatic nitrogens is 2. The van der Waals surface area contributed by atoms with Gasteiger partial charge in [-0.25, -0.2) is 0 Å². The Morgan fingerprint density at radius 1 is 1.20 bits per heavy atom. The topological polar surface area (TPSA) is 37.8 Å². The lowest BCUT2D eigenvalue weighted by atomic mass is 10.3. The Morgan fingerprint density at radius 3 is 2.47 bits per heavy atom. The Balaban J connectivity index is 2.59. The summed E-state index contributed by atoms with van der Waals surface area (Å²) < 4.78 is 3.13. The van der Waals surface area contributed by atoms with E-state index in [2.05, 4.69) is 20.9 Å². The molecule has 76 valence electrons. The second kappa shape index (κ2) is 4.12. The summed E-state index contributed by atoms with van der Waals surface area (Å²) in [7, 11) is 0. The molecule has 1 heterocycles. The maximum Gasteiger partial charge on any atom is 0.251 e. The summed E-state index contributed by atoms with van der Waals surface area (Å²) in [6.45, 7) is 0. The Labute approximate surface area is 99.5 Å². The molecule has 2 rings (SSSR count). The fraction of sp³-hybridized carbons (Fsp3) is 0. The first-order valence-electron chi connectivity index (χ1n) is 4.25. The summed E-state index contributed by atoms with van der Waals surface area (Å²) in [5.41, 5.74) is 0.729. The molecule has 0 aliphatic carbocycles. The highest BCUT2D eigenvalue weighted by Gasteiger charge is 1.96. The maximum atomic E-state index is 11.0.